The number of alkyl carbamates (subject to hydrolysis) is 1. The SMILES string of the molecule is CC(C)(C)OC(=O)NCCn1cc(C(=O)N2CCc3cc(S(=O)(=O)N4CCN(c5nccc(C#N)n5)CC4)ccc32)cn1. The van der Waals surface area contributed by atoms with Crippen LogP contribution in [0.4, 0.5) is 16.4 Å². The zero-order chi connectivity index (χ0) is 30.8. The molecule has 5 rings (SSSR count). The minimum Gasteiger partial charge on any atom is -0.444 e. The fourth-order valence-electron chi connectivity index (χ4n) is 4.93. The van der Waals surface area contributed by atoms with E-state index in [4.69, 9.17) is 10.00 Å². The van der Waals surface area contributed by atoms with Gasteiger partial charge in [0.1, 0.15) is 17.4 Å². The third kappa shape index (κ3) is 6.76. The Labute approximate surface area is 249 Å². The molecular weight excluding hydrogens is 574 g/mol. The normalized spacial score (nSPS) is 15.6. The number of hydrogen-bond acceptors (Lipinski definition) is 10. The maximum atomic E-state index is 13.5. The highest BCUT2D eigenvalue weighted by molar-refractivity contribution is 7.89. The molecule has 0 bridgehead atoms. The molecule has 0 atom stereocenters. The number of fused-ring (bicyclic) bond motifs is 1. The summed E-state index contributed by atoms with van der Waals surface area (Å²) in [5.74, 6) is 0.168. The second kappa shape index (κ2) is 12.0. The number of benzene rings is 1. The maximum absolute atomic E-state index is 13.5. The van der Waals surface area contributed by atoms with Crippen molar-refractivity contribution in [2.75, 3.05) is 49.1 Å². The molecule has 2 aliphatic heterocycles. The molecule has 0 spiro atoms. The summed E-state index contributed by atoms with van der Waals surface area (Å²) < 4.78 is 35.2. The minimum atomic E-state index is -3.76. The van der Waals surface area contributed by atoms with Gasteiger partial charge in [-0.2, -0.15) is 14.7 Å². The third-order valence-corrected chi connectivity index (χ3v) is 8.89. The summed E-state index contributed by atoms with van der Waals surface area (Å²) in [5.41, 5.74) is 1.51. The molecule has 0 unspecified atom stereocenters. The van der Waals surface area contributed by atoms with Gasteiger partial charge in [-0.05, 0) is 57.0 Å². The lowest BCUT2D eigenvalue weighted by Crippen LogP contribution is -2.49. The van der Waals surface area contributed by atoms with E-state index in [2.05, 4.69) is 20.4 Å². The van der Waals surface area contributed by atoms with Gasteiger partial charge in [-0.3, -0.25) is 9.48 Å². The Kier molecular flexibility index (Phi) is 8.34. The van der Waals surface area contributed by atoms with Crippen molar-refractivity contribution in [3.05, 3.63) is 59.7 Å². The molecule has 1 saturated heterocycles. The summed E-state index contributed by atoms with van der Waals surface area (Å²) in [6.07, 6.45) is 4.62. The summed E-state index contributed by atoms with van der Waals surface area (Å²) in [5, 5.41) is 16.0. The zero-order valence-electron chi connectivity index (χ0n) is 24.2. The molecule has 0 radical (unpaired) electrons. The van der Waals surface area contributed by atoms with Crippen molar-refractivity contribution in [3.63, 3.8) is 0 Å². The van der Waals surface area contributed by atoms with Crippen molar-refractivity contribution in [3.8, 4) is 6.07 Å². The Hall–Kier alpha value is -4.55. The van der Waals surface area contributed by atoms with Gasteiger partial charge in [0, 0.05) is 57.3 Å². The molecule has 2 amide bonds. The number of ether oxygens (including phenoxy) is 1. The Morgan fingerprint density at radius 3 is 2.60 bits per heavy atom. The molecule has 14 nitrogen and oxygen atoms in total. The van der Waals surface area contributed by atoms with Crippen LogP contribution in [0.5, 0.6) is 0 Å². The summed E-state index contributed by atoms with van der Waals surface area (Å²) in [6, 6.07) is 8.38. The second-order valence-electron chi connectivity index (χ2n) is 11.2. The van der Waals surface area contributed by atoms with Crippen molar-refractivity contribution in [2.24, 2.45) is 0 Å². The third-order valence-electron chi connectivity index (χ3n) is 7.00. The number of anilines is 2. The van der Waals surface area contributed by atoms with Gasteiger partial charge in [-0.1, -0.05) is 0 Å². The summed E-state index contributed by atoms with van der Waals surface area (Å²) >= 11 is 0. The predicted molar refractivity (Wildman–Crippen MR) is 156 cm³/mol. The molecular formula is C28H33N9O5S. The topological polar surface area (TPSA) is 167 Å². The number of piperazine rings is 1. The lowest BCUT2D eigenvalue weighted by atomic mass is 10.2. The van der Waals surface area contributed by atoms with Crippen LogP contribution in [0.25, 0.3) is 0 Å². The highest BCUT2D eigenvalue weighted by atomic mass is 32.2. The smallest absolute Gasteiger partial charge is 0.407 e. The first-order valence-electron chi connectivity index (χ1n) is 13.9. The van der Waals surface area contributed by atoms with Crippen LogP contribution in [0, 0.1) is 11.3 Å². The molecule has 1 N–H and O–H groups in total. The molecule has 2 aliphatic rings. The van der Waals surface area contributed by atoms with Crippen LogP contribution in [0.2, 0.25) is 0 Å². The first kappa shape index (κ1) is 29.9. The number of hydrogen-bond donors (Lipinski definition) is 1. The Balaban J connectivity index is 1.19. The van der Waals surface area contributed by atoms with Crippen LogP contribution in [-0.2, 0) is 27.7 Å². The number of nitriles is 1. The van der Waals surface area contributed by atoms with E-state index in [9.17, 15) is 18.0 Å². The largest absolute Gasteiger partial charge is 0.444 e. The number of nitrogens with zero attached hydrogens (tertiary/aromatic N) is 8. The van der Waals surface area contributed by atoms with E-state index in [1.54, 1.807) is 48.7 Å². The van der Waals surface area contributed by atoms with Gasteiger partial charge in [0.2, 0.25) is 16.0 Å². The number of aromatic nitrogens is 4. The lowest BCUT2D eigenvalue weighted by molar-refractivity contribution is 0.0525. The minimum absolute atomic E-state index is 0.182. The predicted octanol–water partition coefficient (Wildman–Crippen LogP) is 1.78. The molecule has 43 heavy (non-hydrogen) atoms. The molecule has 3 aromatic rings. The number of carbonyl (C=O) groups is 2. The summed E-state index contributed by atoms with van der Waals surface area (Å²) in [4.78, 5) is 37.2. The fraction of sp³-hybridized carbons (Fsp3) is 0.429. The van der Waals surface area contributed by atoms with Gasteiger partial charge in [-0.15, -0.1) is 0 Å². The van der Waals surface area contributed by atoms with Crippen molar-refractivity contribution in [1.82, 2.24) is 29.4 Å². The maximum Gasteiger partial charge on any atom is 0.407 e. The van der Waals surface area contributed by atoms with Gasteiger partial charge < -0.3 is 19.9 Å². The lowest BCUT2D eigenvalue weighted by Gasteiger charge is -2.34. The van der Waals surface area contributed by atoms with Crippen LogP contribution in [0.1, 0.15) is 42.4 Å². The van der Waals surface area contributed by atoms with Crippen LogP contribution >= 0.6 is 0 Å². The van der Waals surface area contributed by atoms with E-state index in [-0.39, 0.29) is 36.1 Å². The van der Waals surface area contributed by atoms with E-state index in [1.165, 1.54) is 28.8 Å². The van der Waals surface area contributed by atoms with E-state index in [0.29, 0.717) is 49.8 Å². The molecule has 0 saturated carbocycles. The monoisotopic (exact) mass is 607 g/mol. The van der Waals surface area contributed by atoms with Crippen molar-refractivity contribution >= 4 is 33.7 Å². The van der Waals surface area contributed by atoms with Crippen LogP contribution in [0.3, 0.4) is 0 Å². The number of sulfonamides is 1. The van der Waals surface area contributed by atoms with Gasteiger partial charge in [0.05, 0.1) is 23.2 Å². The first-order valence-corrected chi connectivity index (χ1v) is 15.3. The first-order chi connectivity index (χ1) is 20.4. The van der Waals surface area contributed by atoms with Crippen LogP contribution in [-0.4, -0.2) is 89.3 Å². The van der Waals surface area contributed by atoms with Gasteiger partial charge >= 0.3 is 6.09 Å². The highest BCUT2D eigenvalue weighted by Crippen LogP contribution is 2.32. The van der Waals surface area contributed by atoms with E-state index >= 15 is 0 Å². The highest BCUT2D eigenvalue weighted by Gasteiger charge is 2.32. The molecule has 1 fully saturated rings. The zero-order valence-corrected chi connectivity index (χ0v) is 25.0. The fourth-order valence-corrected chi connectivity index (χ4v) is 6.40. The Bertz CT molecular complexity index is 1670. The van der Waals surface area contributed by atoms with E-state index in [1.807, 2.05) is 11.0 Å². The average molecular weight is 608 g/mol. The molecule has 15 heteroatoms. The summed E-state index contributed by atoms with van der Waals surface area (Å²) in [7, 11) is -3.76. The van der Waals surface area contributed by atoms with Crippen molar-refractivity contribution in [1.29, 1.82) is 5.26 Å². The summed E-state index contributed by atoms with van der Waals surface area (Å²) in [6.45, 7) is 7.71. The van der Waals surface area contributed by atoms with Gasteiger partial charge in [0.25, 0.3) is 5.91 Å². The molecule has 2 aromatic heterocycles. The number of nitrogens with one attached hydrogen (secondary N) is 1. The van der Waals surface area contributed by atoms with Crippen LogP contribution < -0.4 is 15.1 Å². The van der Waals surface area contributed by atoms with Crippen molar-refractivity contribution in [2.45, 2.75) is 44.2 Å². The standard InChI is InChI=1S/C28H33N9O5S/c1-28(2,3)42-27(39)31-9-11-35-19-21(18-32-35)25(38)37-10-7-20-16-23(4-5-24(20)37)43(40,41)36-14-12-34(13-15-36)26-30-8-6-22(17-29)33-26/h4-6,8,16,18-19H,7,9-15H2,1-3H3,(H,31,39). The second-order valence-corrected chi connectivity index (χ2v) is 13.1. The molecule has 1 aromatic carbocycles. The number of rotatable bonds is 7. The van der Waals surface area contributed by atoms with Crippen molar-refractivity contribution < 1.29 is 22.7 Å². The van der Waals surface area contributed by atoms with Crippen LogP contribution in [0.15, 0.2) is 47.8 Å². The molecule has 226 valence electrons. The molecule has 4 heterocycles. The van der Waals surface area contributed by atoms with Gasteiger partial charge in [0.15, 0.2) is 0 Å². The van der Waals surface area contributed by atoms with E-state index in [0.717, 1.165) is 5.56 Å². The number of amides is 2. The van der Waals surface area contributed by atoms with E-state index < -0.39 is 21.7 Å². The Morgan fingerprint density at radius 1 is 1.12 bits per heavy atom. The molecule has 0 aliphatic carbocycles. The Morgan fingerprint density at radius 2 is 1.88 bits per heavy atom. The average Bonchev–Trinajstić information content (AvgIpc) is 3.63. The number of carbonyl (C=O) groups excluding carboxylic acids is 2. The van der Waals surface area contributed by atoms with Gasteiger partial charge in [-0.25, -0.2) is 23.2 Å². The quantitative estimate of drug-likeness (QED) is 0.418.